The molecule has 0 aliphatic carbocycles. The van der Waals surface area contributed by atoms with Crippen molar-refractivity contribution < 1.29 is 5.11 Å². The Labute approximate surface area is 160 Å². The van der Waals surface area contributed by atoms with Gasteiger partial charge in [-0.15, -0.1) is 0 Å². The lowest BCUT2D eigenvalue weighted by Crippen LogP contribution is -2.17. The standard InChI is InChI=1S/C19H14Cl2N4O/c1-19(26,15-7-16(20)9-17(21)8-15)5-4-13-2-3-18(14(6-13)10-22)25-12-23-11-24-25/h2-9,11-12,26H,1H3. The summed E-state index contributed by atoms with van der Waals surface area (Å²) in [7, 11) is 0. The largest absolute Gasteiger partial charge is 0.381 e. The highest BCUT2D eigenvalue weighted by Crippen LogP contribution is 2.29. The molecule has 1 unspecified atom stereocenters. The molecule has 0 saturated heterocycles. The summed E-state index contributed by atoms with van der Waals surface area (Å²) < 4.78 is 1.52. The maximum atomic E-state index is 10.7. The predicted octanol–water partition coefficient (Wildman–Crippen LogP) is 4.37. The second-order valence-electron chi connectivity index (χ2n) is 5.87. The minimum Gasteiger partial charge on any atom is -0.381 e. The second kappa shape index (κ2) is 7.30. The first-order valence-electron chi connectivity index (χ1n) is 7.66. The number of nitriles is 1. The SMILES string of the molecule is CC(O)(C=Cc1ccc(-n2cncn2)c(C#N)c1)c1cc(Cl)cc(Cl)c1. The minimum atomic E-state index is -1.27. The van der Waals surface area contributed by atoms with Crippen LogP contribution in [0.25, 0.3) is 11.8 Å². The smallest absolute Gasteiger partial charge is 0.138 e. The van der Waals surface area contributed by atoms with Crippen LogP contribution in [0.15, 0.2) is 55.1 Å². The topological polar surface area (TPSA) is 74.7 Å². The van der Waals surface area contributed by atoms with E-state index in [1.165, 1.54) is 17.3 Å². The van der Waals surface area contributed by atoms with E-state index in [1.807, 2.05) is 6.07 Å². The highest BCUT2D eigenvalue weighted by molar-refractivity contribution is 6.34. The zero-order valence-corrected chi connectivity index (χ0v) is 15.3. The van der Waals surface area contributed by atoms with E-state index in [2.05, 4.69) is 16.2 Å². The van der Waals surface area contributed by atoms with Crippen molar-refractivity contribution in [1.82, 2.24) is 14.8 Å². The molecule has 0 aliphatic heterocycles. The van der Waals surface area contributed by atoms with Crippen molar-refractivity contribution in [2.75, 3.05) is 0 Å². The van der Waals surface area contributed by atoms with Gasteiger partial charge in [-0.1, -0.05) is 35.3 Å². The van der Waals surface area contributed by atoms with Crippen molar-refractivity contribution in [3.8, 4) is 11.8 Å². The number of halogens is 2. The monoisotopic (exact) mass is 384 g/mol. The first kappa shape index (κ1) is 18.2. The van der Waals surface area contributed by atoms with E-state index >= 15 is 0 Å². The normalized spacial score (nSPS) is 13.5. The van der Waals surface area contributed by atoms with Gasteiger partial charge in [-0.25, -0.2) is 9.67 Å². The summed E-state index contributed by atoms with van der Waals surface area (Å²) >= 11 is 12.0. The molecular formula is C19H14Cl2N4O. The molecule has 0 spiro atoms. The fraction of sp³-hybridized carbons (Fsp3) is 0.105. The van der Waals surface area contributed by atoms with E-state index in [-0.39, 0.29) is 0 Å². The van der Waals surface area contributed by atoms with E-state index in [9.17, 15) is 10.4 Å². The number of nitrogens with zero attached hydrogens (tertiary/aromatic N) is 4. The average Bonchev–Trinajstić information content (AvgIpc) is 3.13. The molecule has 0 amide bonds. The molecule has 2 aromatic carbocycles. The lowest BCUT2D eigenvalue weighted by molar-refractivity contribution is 0.112. The van der Waals surface area contributed by atoms with E-state index in [4.69, 9.17) is 23.2 Å². The number of aliphatic hydroxyl groups is 1. The first-order chi connectivity index (χ1) is 12.4. The maximum Gasteiger partial charge on any atom is 0.138 e. The lowest BCUT2D eigenvalue weighted by Gasteiger charge is -2.20. The number of hydrogen-bond acceptors (Lipinski definition) is 4. The van der Waals surface area contributed by atoms with Crippen LogP contribution in [0.1, 0.15) is 23.6 Å². The van der Waals surface area contributed by atoms with Gasteiger partial charge < -0.3 is 5.11 Å². The number of rotatable bonds is 4. The van der Waals surface area contributed by atoms with Crippen LogP contribution in [-0.4, -0.2) is 19.9 Å². The summed E-state index contributed by atoms with van der Waals surface area (Å²) in [5.74, 6) is 0. The molecule has 0 bridgehead atoms. The highest BCUT2D eigenvalue weighted by atomic mass is 35.5. The van der Waals surface area contributed by atoms with Gasteiger partial charge in [-0.05, 0) is 54.5 Å². The third-order valence-electron chi connectivity index (χ3n) is 3.85. The highest BCUT2D eigenvalue weighted by Gasteiger charge is 2.20. The molecule has 7 heteroatoms. The Kier molecular flexibility index (Phi) is 5.10. The minimum absolute atomic E-state index is 0.447. The van der Waals surface area contributed by atoms with Gasteiger partial charge in [0.15, 0.2) is 0 Å². The molecule has 130 valence electrons. The Morgan fingerprint density at radius 1 is 1.19 bits per heavy atom. The third-order valence-corrected chi connectivity index (χ3v) is 4.29. The molecule has 26 heavy (non-hydrogen) atoms. The first-order valence-corrected chi connectivity index (χ1v) is 8.42. The fourth-order valence-corrected chi connectivity index (χ4v) is 3.01. The van der Waals surface area contributed by atoms with Crippen molar-refractivity contribution in [3.05, 3.63) is 81.9 Å². The van der Waals surface area contributed by atoms with Gasteiger partial charge >= 0.3 is 0 Å². The molecule has 0 saturated carbocycles. The van der Waals surface area contributed by atoms with Gasteiger partial charge in [0.05, 0.1) is 11.3 Å². The summed E-state index contributed by atoms with van der Waals surface area (Å²) in [6, 6.07) is 12.4. The van der Waals surface area contributed by atoms with E-state index in [1.54, 1.807) is 49.4 Å². The van der Waals surface area contributed by atoms with Gasteiger partial charge in [0.1, 0.15) is 24.3 Å². The van der Waals surface area contributed by atoms with Crippen molar-refractivity contribution in [2.24, 2.45) is 0 Å². The fourth-order valence-electron chi connectivity index (χ4n) is 2.48. The Hall–Kier alpha value is -2.65. The molecule has 1 atom stereocenters. The lowest BCUT2D eigenvalue weighted by atomic mass is 9.94. The van der Waals surface area contributed by atoms with Crippen LogP contribution in [0.4, 0.5) is 0 Å². The summed E-state index contributed by atoms with van der Waals surface area (Å²) in [5.41, 5.74) is 1.15. The van der Waals surface area contributed by atoms with Crippen molar-refractivity contribution in [2.45, 2.75) is 12.5 Å². The van der Waals surface area contributed by atoms with Crippen LogP contribution in [0, 0.1) is 11.3 Å². The zero-order valence-electron chi connectivity index (χ0n) is 13.8. The van der Waals surface area contributed by atoms with Crippen LogP contribution in [-0.2, 0) is 5.60 Å². The maximum absolute atomic E-state index is 10.7. The van der Waals surface area contributed by atoms with Crippen molar-refractivity contribution in [3.63, 3.8) is 0 Å². The third kappa shape index (κ3) is 3.94. The Balaban J connectivity index is 1.91. The molecule has 0 aliphatic rings. The van der Waals surface area contributed by atoms with E-state index < -0.39 is 5.60 Å². The molecule has 0 radical (unpaired) electrons. The average molecular weight is 385 g/mol. The molecule has 1 N–H and O–H groups in total. The molecule has 3 aromatic rings. The molecule has 1 heterocycles. The summed E-state index contributed by atoms with van der Waals surface area (Å²) in [4.78, 5) is 3.89. The second-order valence-corrected chi connectivity index (χ2v) is 6.74. The molecule has 0 fully saturated rings. The predicted molar refractivity (Wildman–Crippen MR) is 101 cm³/mol. The van der Waals surface area contributed by atoms with Gasteiger partial charge in [-0.2, -0.15) is 10.4 Å². The van der Waals surface area contributed by atoms with Gasteiger partial charge in [-0.3, -0.25) is 0 Å². The van der Waals surface area contributed by atoms with Crippen molar-refractivity contribution >= 4 is 29.3 Å². The van der Waals surface area contributed by atoms with Gasteiger partial charge in [0.2, 0.25) is 0 Å². The number of benzene rings is 2. The summed E-state index contributed by atoms with van der Waals surface area (Å²) in [6.45, 7) is 1.64. The van der Waals surface area contributed by atoms with Crippen LogP contribution < -0.4 is 0 Å². The number of aromatic nitrogens is 3. The van der Waals surface area contributed by atoms with E-state index in [0.717, 1.165) is 5.56 Å². The molecule has 3 rings (SSSR count). The van der Waals surface area contributed by atoms with Crippen LogP contribution in [0.3, 0.4) is 0 Å². The molecule has 1 aromatic heterocycles. The Morgan fingerprint density at radius 2 is 1.92 bits per heavy atom. The number of hydrogen-bond donors (Lipinski definition) is 1. The van der Waals surface area contributed by atoms with Gasteiger partial charge in [0.25, 0.3) is 0 Å². The summed E-state index contributed by atoms with van der Waals surface area (Å²) in [6.07, 6.45) is 6.29. The Morgan fingerprint density at radius 3 is 2.54 bits per heavy atom. The van der Waals surface area contributed by atoms with Crippen LogP contribution in [0.5, 0.6) is 0 Å². The molecular weight excluding hydrogens is 371 g/mol. The van der Waals surface area contributed by atoms with Crippen molar-refractivity contribution in [1.29, 1.82) is 5.26 Å². The zero-order chi connectivity index (χ0) is 18.7. The Bertz CT molecular complexity index is 985. The quantitative estimate of drug-likeness (QED) is 0.724. The summed E-state index contributed by atoms with van der Waals surface area (Å²) in [5, 5.41) is 25.1. The van der Waals surface area contributed by atoms with Gasteiger partial charge in [0, 0.05) is 10.0 Å². The molecule has 5 nitrogen and oxygen atoms in total. The van der Waals surface area contributed by atoms with Crippen LogP contribution >= 0.6 is 23.2 Å². The van der Waals surface area contributed by atoms with Crippen LogP contribution in [0.2, 0.25) is 10.0 Å². The van der Waals surface area contributed by atoms with E-state index in [0.29, 0.717) is 26.9 Å².